The molecule has 4 heteroatoms. The van der Waals surface area contributed by atoms with E-state index >= 15 is 0 Å². The van der Waals surface area contributed by atoms with E-state index < -0.39 is 17.4 Å². The number of aromatic carboxylic acids is 2. The zero-order valence-electron chi connectivity index (χ0n) is 14.2. The number of carboxylic acid groups (broad SMARTS) is 2. The predicted molar refractivity (Wildman–Crippen MR) is 99.1 cm³/mol. The van der Waals surface area contributed by atoms with E-state index in [1.165, 1.54) is 12.2 Å². The highest BCUT2D eigenvalue weighted by Crippen LogP contribution is 2.38. The highest BCUT2D eigenvalue weighted by molar-refractivity contribution is 5.96. The molecule has 2 aromatic rings. The molecule has 0 saturated heterocycles. The van der Waals surface area contributed by atoms with Gasteiger partial charge in [0.25, 0.3) is 0 Å². The topological polar surface area (TPSA) is 74.6 Å². The average molecular weight is 336 g/mol. The van der Waals surface area contributed by atoms with Crippen molar-refractivity contribution in [3.63, 3.8) is 0 Å². The molecule has 0 heterocycles. The molecule has 2 N–H and O–H groups in total. The molecular weight excluding hydrogens is 316 g/mol. The zero-order chi connectivity index (χ0) is 18.8. The Morgan fingerprint density at radius 3 is 1.48 bits per heavy atom. The summed E-state index contributed by atoms with van der Waals surface area (Å²) in [7, 11) is 0. The average Bonchev–Trinajstić information content (AvgIpc) is 2.59. The van der Waals surface area contributed by atoms with Crippen LogP contribution in [0.5, 0.6) is 0 Å². The Morgan fingerprint density at radius 1 is 0.840 bits per heavy atom. The van der Waals surface area contributed by atoms with Crippen LogP contribution in [0, 0.1) is 0 Å². The Bertz CT molecular complexity index is 804. The maximum absolute atomic E-state index is 11.8. The first kappa shape index (κ1) is 18.2. The molecule has 0 radical (unpaired) electrons. The molecular formula is C21H20O4. The van der Waals surface area contributed by atoms with Gasteiger partial charge < -0.3 is 10.2 Å². The Balaban J connectivity index is 2.86. The second-order valence-electron chi connectivity index (χ2n) is 6.18. The van der Waals surface area contributed by atoms with Crippen LogP contribution in [0.3, 0.4) is 0 Å². The van der Waals surface area contributed by atoms with Crippen molar-refractivity contribution < 1.29 is 19.8 Å². The lowest BCUT2D eigenvalue weighted by molar-refractivity contribution is 0.0686. The Labute approximate surface area is 146 Å². The number of carbonyl (C=O) groups is 2. The van der Waals surface area contributed by atoms with Gasteiger partial charge in [-0.2, -0.15) is 0 Å². The van der Waals surface area contributed by atoms with Crippen LogP contribution in [0.1, 0.15) is 56.8 Å². The minimum atomic E-state index is -1.07. The maximum atomic E-state index is 11.8. The summed E-state index contributed by atoms with van der Waals surface area (Å²) < 4.78 is 0. The van der Waals surface area contributed by atoms with Crippen LogP contribution in [-0.2, 0) is 5.41 Å². The van der Waals surface area contributed by atoms with Gasteiger partial charge in [0, 0.05) is 5.41 Å². The van der Waals surface area contributed by atoms with E-state index in [4.69, 9.17) is 0 Å². The predicted octanol–water partition coefficient (Wildman–Crippen LogP) is 4.69. The molecule has 0 saturated carbocycles. The van der Waals surface area contributed by atoms with Gasteiger partial charge in [-0.1, -0.05) is 75.6 Å². The van der Waals surface area contributed by atoms with E-state index in [1.807, 2.05) is 13.8 Å². The number of carboxylic acids is 2. The van der Waals surface area contributed by atoms with Crippen LogP contribution in [0.2, 0.25) is 0 Å². The number of hydrogen-bond donors (Lipinski definition) is 2. The first-order valence-electron chi connectivity index (χ1n) is 7.74. The lowest BCUT2D eigenvalue weighted by Crippen LogP contribution is -2.26. The van der Waals surface area contributed by atoms with Gasteiger partial charge in [-0.25, -0.2) is 9.59 Å². The van der Waals surface area contributed by atoms with Crippen LogP contribution in [0.4, 0.5) is 0 Å². The number of hydrogen-bond acceptors (Lipinski definition) is 2. The van der Waals surface area contributed by atoms with Crippen LogP contribution < -0.4 is 0 Å². The van der Waals surface area contributed by atoms with Crippen LogP contribution in [0.15, 0.2) is 49.6 Å². The van der Waals surface area contributed by atoms with E-state index in [1.54, 1.807) is 36.4 Å². The molecule has 0 amide bonds. The molecule has 4 nitrogen and oxygen atoms in total. The molecule has 0 aliphatic rings. The maximum Gasteiger partial charge on any atom is 0.336 e. The highest BCUT2D eigenvalue weighted by atomic mass is 16.4. The van der Waals surface area contributed by atoms with E-state index in [0.717, 1.165) is 0 Å². The van der Waals surface area contributed by atoms with Gasteiger partial charge in [-0.3, -0.25) is 0 Å². The Morgan fingerprint density at radius 2 is 1.20 bits per heavy atom. The molecule has 0 aromatic heterocycles. The lowest BCUT2D eigenvalue weighted by atomic mass is 9.72. The van der Waals surface area contributed by atoms with Crippen LogP contribution in [0.25, 0.3) is 12.2 Å². The Hall–Kier alpha value is -3.14. The summed E-state index contributed by atoms with van der Waals surface area (Å²) in [6, 6.07) is 10.3. The Kier molecular flexibility index (Phi) is 4.93. The second kappa shape index (κ2) is 6.77. The van der Waals surface area contributed by atoms with Crippen molar-refractivity contribution in [2.24, 2.45) is 0 Å². The van der Waals surface area contributed by atoms with E-state index in [9.17, 15) is 19.8 Å². The molecule has 0 aliphatic heterocycles. The minimum absolute atomic E-state index is 0.128. The van der Waals surface area contributed by atoms with Crippen molar-refractivity contribution in [2.45, 2.75) is 19.3 Å². The summed E-state index contributed by atoms with van der Waals surface area (Å²) in [6.45, 7) is 11.0. The molecule has 0 fully saturated rings. The first-order valence-corrected chi connectivity index (χ1v) is 7.74. The van der Waals surface area contributed by atoms with Crippen molar-refractivity contribution in [1.29, 1.82) is 0 Å². The summed E-state index contributed by atoms with van der Waals surface area (Å²) in [5, 5.41) is 19.4. The molecule has 25 heavy (non-hydrogen) atoms. The van der Waals surface area contributed by atoms with Gasteiger partial charge in [-0.15, -0.1) is 0 Å². The summed E-state index contributed by atoms with van der Waals surface area (Å²) in [5.74, 6) is -2.15. The van der Waals surface area contributed by atoms with Gasteiger partial charge in [0.1, 0.15) is 0 Å². The summed E-state index contributed by atoms with van der Waals surface area (Å²) in [6.07, 6.45) is 2.97. The normalized spacial score (nSPS) is 11.0. The van der Waals surface area contributed by atoms with Crippen molar-refractivity contribution in [1.82, 2.24) is 0 Å². The molecule has 0 bridgehead atoms. The lowest BCUT2D eigenvalue weighted by Gasteiger charge is -2.30. The van der Waals surface area contributed by atoms with Gasteiger partial charge in [0.2, 0.25) is 0 Å². The molecule has 2 rings (SSSR count). The van der Waals surface area contributed by atoms with Gasteiger partial charge >= 0.3 is 11.9 Å². The van der Waals surface area contributed by atoms with Crippen molar-refractivity contribution in [3.05, 3.63) is 82.9 Å². The smallest absolute Gasteiger partial charge is 0.336 e. The summed E-state index contributed by atoms with van der Waals surface area (Å²) in [5.41, 5.74) is 1.46. The standard InChI is InChI=1S/C21H20O4/c1-5-13-9-7-11-15(17(13)19(22)23)21(3,4)16-12-8-10-14(6-2)18(16)20(24)25/h5-12H,1-2H2,3-4H3,(H,22,23)(H,24,25). The largest absolute Gasteiger partial charge is 0.478 e. The second-order valence-corrected chi connectivity index (χ2v) is 6.18. The van der Waals surface area contributed by atoms with Gasteiger partial charge in [0.05, 0.1) is 11.1 Å². The van der Waals surface area contributed by atoms with E-state index in [2.05, 4.69) is 13.2 Å². The van der Waals surface area contributed by atoms with Gasteiger partial charge in [0.15, 0.2) is 0 Å². The van der Waals surface area contributed by atoms with Crippen LogP contribution in [-0.4, -0.2) is 22.2 Å². The fourth-order valence-corrected chi connectivity index (χ4v) is 3.14. The molecule has 0 spiro atoms. The van der Waals surface area contributed by atoms with E-state index in [-0.39, 0.29) is 11.1 Å². The van der Waals surface area contributed by atoms with Gasteiger partial charge in [-0.05, 0) is 22.3 Å². The van der Waals surface area contributed by atoms with Crippen molar-refractivity contribution >= 4 is 24.1 Å². The minimum Gasteiger partial charge on any atom is -0.478 e. The van der Waals surface area contributed by atoms with E-state index in [0.29, 0.717) is 22.3 Å². The summed E-state index contributed by atoms with van der Waals surface area (Å²) in [4.78, 5) is 23.7. The fourth-order valence-electron chi connectivity index (χ4n) is 3.14. The zero-order valence-corrected chi connectivity index (χ0v) is 14.2. The fraction of sp³-hybridized carbons (Fsp3) is 0.143. The third-order valence-electron chi connectivity index (χ3n) is 4.41. The summed E-state index contributed by atoms with van der Waals surface area (Å²) >= 11 is 0. The van der Waals surface area contributed by atoms with Crippen molar-refractivity contribution in [3.8, 4) is 0 Å². The molecule has 2 aromatic carbocycles. The molecule has 0 atom stereocenters. The van der Waals surface area contributed by atoms with Crippen molar-refractivity contribution in [2.75, 3.05) is 0 Å². The number of benzene rings is 2. The number of rotatable bonds is 6. The van der Waals surface area contributed by atoms with Crippen LogP contribution >= 0.6 is 0 Å². The highest BCUT2D eigenvalue weighted by Gasteiger charge is 2.33. The first-order chi connectivity index (χ1) is 11.8. The third kappa shape index (κ3) is 3.11. The third-order valence-corrected chi connectivity index (χ3v) is 4.41. The molecule has 0 aliphatic carbocycles. The molecule has 128 valence electrons. The SMILES string of the molecule is C=Cc1cccc(C(C)(C)c2cccc(C=C)c2C(=O)O)c1C(=O)O. The quantitative estimate of drug-likeness (QED) is 0.802. The monoisotopic (exact) mass is 336 g/mol. The molecule has 0 unspecified atom stereocenters.